The van der Waals surface area contributed by atoms with Crippen LogP contribution in [-0.4, -0.2) is 18.0 Å². The number of ketones is 1. The van der Waals surface area contributed by atoms with Gasteiger partial charge in [0, 0.05) is 17.7 Å². The van der Waals surface area contributed by atoms with Crippen LogP contribution in [0.3, 0.4) is 0 Å². The Hall–Kier alpha value is -2.66. The lowest BCUT2D eigenvalue weighted by Gasteiger charge is -1.97. The van der Waals surface area contributed by atoms with E-state index in [0.29, 0.717) is 18.7 Å². The second kappa shape index (κ2) is 7.07. The molecule has 0 atom stereocenters. The number of nitrogens with zero attached hydrogens (tertiary/aromatic N) is 1. The summed E-state index contributed by atoms with van der Waals surface area (Å²) in [6.45, 7) is 0.504. The van der Waals surface area contributed by atoms with Crippen LogP contribution in [-0.2, 0) is 12.8 Å². The Labute approximate surface area is 137 Å². The summed E-state index contributed by atoms with van der Waals surface area (Å²) < 4.78 is 0. The van der Waals surface area contributed by atoms with Crippen molar-refractivity contribution >= 4 is 11.5 Å². The van der Waals surface area contributed by atoms with Gasteiger partial charge in [-0.05, 0) is 36.0 Å². The zero-order valence-corrected chi connectivity index (χ0v) is 13.1. The molecule has 0 aliphatic heterocycles. The maximum absolute atomic E-state index is 11.1. The van der Waals surface area contributed by atoms with Crippen LogP contribution in [0.15, 0.2) is 53.5 Å². The first-order valence-electron chi connectivity index (χ1n) is 7.96. The molecule has 2 aliphatic rings. The third kappa shape index (κ3) is 3.40. The van der Waals surface area contributed by atoms with Crippen molar-refractivity contribution in [3.05, 3.63) is 70.8 Å². The quantitative estimate of drug-likeness (QED) is 0.735. The average molecular weight is 301 g/mol. The number of Topliss-reactive ketones (excluding diaryl/α,β-unsaturated/α-hetero) is 1. The number of aryl methyl sites for hydroxylation is 2. The molecular formula is C21H19NO. The molecule has 0 amide bonds. The minimum Gasteiger partial charge on any atom is -0.294 e. The van der Waals surface area contributed by atoms with Gasteiger partial charge < -0.3 is 0 Å². The fraction of sp³-hybridized carbons (Fsp3) is 0.238. The molecule has 0 N–H and O–H groups in total. The molecule has 0 unspecified atom stereocenters. The van der Waals surface area contributed by atoms with Crippen molar-refractivity contribution in [1.29, 1.82) is 0 Å². The van der Waals surface area contributed by atoms with Gasteiger partial charge in [0.2, 0.25) is 0 Å². The number of fused-ring (bicyclic) bond motifs is 2. The van der Waals surface area contributed by atoms with Gasteiger partial charge >= 0.3 is 0 Å². The molecule has 0 bridgehead atoms. The van der Waals surface area contributed by atoms with Gasteiger partial charge in [-0.25, -0.2) is 0 Å². The summed E-state index contributed by atoms with van der Waals surface area (Å²) in [5, 5.41) is 0. The van der Waals surface area contributed by atoms with Crippen LogP contribution in [0.5, 0.6) is 0 Å². The maximum atomic E-state index is 11.1. The minimum atomic E-state index is 0.301. The summed E-state index contributed by atoms with van der Waals surface area (Å²) in [7, 11) is 0. The number of terminal acetylenes is 1. The molecule has 0 saturated heterocycles. The van der Waals surface area contributed by atoms with Gasteiger partial charge in [-0.1, -0.05) is 54.5 Å². The number of hydrogen-bond donors (Lipinski definition) is 0. The van der Waals surface area contributed by atoms with Crippen LogP contribution in [0.25, 0.3) is 0 Å². The molecule has 0 heterocycles. The highest BCUT2D eigenvalue weighted by molar-refractivity contribution is 6.04. The number of hydrogen-bond acceptors (Lipinski definition) is 2. The smallest absolute Gasteiger partial charge is 0.163 e. The van der Waals surface area contributed by atoms with Crippen molar-refractivity contribution in [2.24, 2.45) is 4.99 Å². The van der Waals surface area contributed by atoms with E-state index in [9.17, 15) is 4.79 Å². The van der Waals surface area contributed by atoms with E-state index in [1.54, 1.807) is 0 Å². The molecule has 0 aromatic heterocycles. The molecule has 2 heteroatoms. The standard InChI is InChI=1S/C12H11N.C9H8O/c1-2-9-13-12-8-7-10-5-3-4-6-11(10)12;10-9-6-5-7-3-1-2-4-8(7)9/h1,3-6H,7-9H2;1-4H,5-6H2. The number of aliphatic imine (C=N–C) groups is 1. The summed E-state index contributed by atoms with van der Waals surface area (Å²) in [6.07, 6.45) is 8.97. The Kier molecular flexibility index (Phi) is 4.68. The first-order chi connectivity index (χ1) is 11.3. The lowest BCUT2D eigenvalue weighted by atomic mass is 10.1. The number of carbonyl (C=O) groups is 1. The lowest BCUT2D eigenvalue weighted by Crippen LogP contribution is -1.94. The maximum Gasteiger partial charge on any atom is 0.163 e. The van der Waals surface area contributed by atoms with Crippen LogP contribution in [0, 0.1) is 12.3 Å². The molecule has 23 heavy (non-hydrogen) atoms. The predicted molar refractivity (Wildman–Crippen MR) is 94.1 cm³/mol. The van der Waals surface area contributed by atoms with Crippen molar-refractivity contribution < 1.29 is 4.79 Å². The topological polar surface area (TPSA) is 29.4 Å². The molecule has 4 rings (SSSR count). The first kappa shape index (κ1) is 15.2. The number of rotatable bonds is 1. The van der Waals surface area contributed by atoms with Crippen LogP contribution in [0.2, 0.25) is 0 Å². The van der Waals surface area contributed by atoms with E-state index in [4.69, 9.17) is 6.42 Å². The van der Waals surface area contributed by atoms with Gasteiger partial charge in [-0.2, -0.15) is 0 Å². The highest BCUT2D eigenvalue weighted by Crippen LogP contribution is 2.22. The highest BCUT2D eigenvalue weighted by atomic mass is 16.1. The van der Waals surface area contributed by atoms with Crippen LogP contribution in [0.1, 0.15) is 39.9 Å². The second-order valence-corrected chi connectivity index (χ2v) is 5.70. The normalized spacial score (nSPS) is 16.3. The van der Waals surface area contributed by atoms with Crippen LogP contribution >= 0.6 is 0 Å². The SMILES string of the molecule is C#CCN=C1CCc2ccccc21.O=C1CCc2ccccc21. The zero-order valence-electron chi connectivity index (χ0n) is 13.1. The number of benzene rings is 2. The summed E-state index contributed by atoms with van der Waals surface area (Å²) in [5.74, 6) is 2.84. The van der Waals surface area contributed by atoms with Gasteiger partial charge in [-0.3, -0.25) is 9.79 Å². The summed E-state index contributed by atoms with van der Waals surface area (Å²) in [5.41, 5.74) is 6.01. The van der Waals surface area contributed by atoms with E-state index in [1.807, 2.05) is 24.3 Å². The monoisotopic (exact) mass is 301 g/mol. The molecule has 2 aromatic carbocycles. The van der Waals surface area contributed by atoms with Crippen molar-refractivity contribution in [1.82, 2.24) is 0 Å². The Morgan fingerprint density at radius 1 is 0.870 bits per heavy atom. The Bertz CT molecular complexity index is 795. The largest absolute Gasteiger partial charge is 0.294 e. The average Bonchev–Trinajstić information content (AvgIpc) is 3.18. The molecule has 0 radical (unpaired) electrons. The van der Waals surface area contributed by atoms with E-state index in [1.165, 1.54) is 22.4 Å². The molecule has 0 saturated carbocycles. The summed E-state index contributed by atoms with van der Waals surface area (Å²) >= 11 is 0. The third-order valence-corrected chi connectivity index (χ3v) is 4.26. The van der Waals surface area contributed by atoms with Crippen LogP contribution in [0.4, 0.5) is 0 Å². The predicted octanol–water partition coefficient (Wildman–Crippen LogP) is 3.87. The molecular weight excluding hydrogens is 282 g/mol. The number of carbonyl (C=O) groups excluding carboxylic acids is 1. The van der Waals surface area contributed by atoms with Crippen molar-refractivity contribution in [2.75, 3.05) is 6.54 Å². The molecule has 2 aliphatic carbocycles. The van der Waals surface area contributed by atoms with E-state index in [0.717, 1.165) is 24.8 Å². The third-order valence-electron chi connectivity index (χ3n) is 4.26. The Morgan fingerprint density at radius 3 is 2.17 bits per heavy atom. The van der Waals surface area contributed by atoms with Gasteiger partial charge in [0.25, 0.3) is 0 Å². The van der Waals surface area contributed by atoms with Crippen molar-refractivity contribution in [3.8, 4) is 12.3 Å². The second-order valence-electron chi connectivity index (χ2n) is 5.70. The van der Waals surface area contributed by atoms with Crippen molar-refractivity contribution in [3.63, 3.8) is 0 Å². The van der Waals surface area contributed by atoms with Gasteiger partial charge in [0.1, 0.15) is 0 Å². The summed E-state index contributed by atoms with van der Waals surface area (Å²) in [6, 6.07) is 16.2. The molecule has 0 spiro atoms. The molecule has 0 fully saturated rings. The van der Waals surface area contributed by atoms with E-state index in [2.05, 4.69) is 35.2 Å². The van der Waals surface area contributed by atoms with Gasteiger partial charge in [0.15, 0.2) is 5.78 Å². The Morgan fingerprint density at radius 2 is 1.48 bits per heavy atom. The van der Waals surface area contributed by atoms with E-state index < -0.39 is 0 Å². The highest BCUT2D eigenvalue weighted by Gasteiger charge is 2.17. The van der Waals surface area contributed by atoms with Gasteiger partial charge in [0.05, 0.1) is 6.54 Å². The first-order valence-corrected chi connectivity index (χ1v) is 7.96. The minimum absolute atomic E-state index is 0.301. The zero-order chi connectivity index (χ0) is 16.1. The lowest BCUT2D eigenvalue weighted by molar-refractivity contribution is 0.0994. The van der Waals surface area contributed by atoms with Crippen molar-refractivity contribution in [2.45, 2.75) is 25.7 Å². The fourth-order valence-corrected chi connectivity index (χ4v) is 3.11. The fourth-order valence-electron chi connectivity index (χ4n) is 3.11. The molecule has 114 valence electrons. The van der Waals surface area contributed by atoms with E-state index >= 15 is 0 Å². The van der Waals surface area contributed by atoms with Gasteiger partial charge in [-0.15, -0.1) is 6.42 Å². The molecule has 2 nitrogen and oxygen atoms in total. The Balaban J connectivity index is 0.000000140. The summed E-state index contributed by atoms with van der Waals surface area (Å²) in [4.78, 5) is 15.4. The van der Waals surface area contributed by atoms with Crippen LogP contribution < -0.4 is 0 Å². The van der Waals surface area contributed by atoms with E-state index in [-0.39, 0.29) is 0 Å². The molecule has 2 aromatic rings.